The average Bonchev–Trinajstić information content (AvgIpc) is 2.66. The molecule has 0 amide bonds. The predicted octanol–water partition coefficient (Wildman–Crippen LogP) is 3.56. The van der Waals surface area contributed by atoms with E-state index in [1.54, 1.807) is 13.8 Å². The van der Waals surface area contributed by atoms with Crippen molar-refractivity contribution in [2.24, 2.45) is 11.8 Å². The van der Waals surface area contributed by atoms with Crippen LogP contribution in [0.3, 0.4) is 0 Å². The van der Waals surface area contributed by atoms with Crippen molar-refractivity contribution >= 4 is 17.7 Å². The molecule has 3 atom stereocenters. The standard InChI is InChI=1S/C24H29NO5/c1-12(2)30-24(28)19-15(5)25-17-11-14(4)18(23(27)29-6)22(26)21(17)20(19)16-10-8-7-9-13(16)3/h7-10,12,14,18,20,25H,11H2,1-6H3/t14-,18+,20-/m1/s1. The van der Waals surface area contributed by atoms with Gasteiger partial charge in [0.1, 0.15) is 5.92 Å². The number of benzene rings is 1. The molecule has 1 heterocycles. The average molecular weight is 411 g/mol. The molecule has 1 aromatic carbocycles. The highest BCUT2D eigenvalue weighted by Gasteiger charge is 2.47. The molecule has 0 radical (unpaired) electrons. The Balaban J connectivity index is 2.21. The van der Waals surface area contributed by atoms with E-state index in [-0.39, 0.29) is 17.8 Å². The van der Waals surface area contributed by atoms with E-state index in [4.69, 9.17) is 9.47 Å². The summed E-state index contributed by atoms with van der Waals surface area (Å²) in [6.07, 6.45) is 0.225. The molecule has 30 heavy (non-hydrogen) atoms. The smallest absolute Gasteiger partial charge is 0.337 e. The highest BCUT2D eigenvalue weighted by molar-refractivity contribution is 6.12. The van der Waals surface area contributed by atoms with Gasteiger partial charge in [0, 0.05) is 22.9 Å². The van der Waals surface area contributed by atoms with Crippen molar-refractivity contribution in [2.45, 2.75) is 53.1 Å². The number of esters is 2. The van der Waals surface area contributed by atoms with E-state index < -0.39 is 23.8 Å². The summed E-state index contributed by atoms with van der Waals surface area (Å²) in [6, 6.07) is 7.68. The first-order chi connectivity index (χ1) is 14.2. The Morgan fingerprint density at radius 1 is 1.17 bits per heavy atom. The third-order valence-corrected chi connectivity index (χ3v) is 5.81. The van der Waals surface area contributed by atoms with Gasteiger partial charge in [0.05, 0.1) is 18.8 Å². The fraction of sp³-hybridized carbons (Fsp3) is 0.458. The van der Waals surface area contributed by atoms with Crippen molar-refractivity contribution in [3.63, 3.8) is 0 Å². The number of Topliss-reactive ketones (excluding diaryl/α,β-unsaturated/α-hetero) is 1. The number of hydrogen-bond donors (Lipinski definition) is 1. The number of methoxy groups -OCH3 is 1. The molecule has 0 saturated heterocycles. The Morgan fingerprint density at radius 2 is 1.83 bits per heavy atom. The molecule has 160 valence electrons. The second-order valence-electron chi connectivity index (χ2n) is 8.35. The Kier molecular flexibility index (Phi) is 6.15. The first-order valence-corrected chi connectivity index (χ1v) is 10.3. The van der Waals surface area contributed by atoms with Gasteiger partial charge in [-0.15, -0.1) is 0 Å². The molecule has 0 spiro atoms. The Bertz CT molecular complexity index is 956. The monoisotopic (exact) mass is 411 g/mol. The van der Waals surface area contributed by atoms with Crippen LogP contribution < -0.4 is 5.32 Å². The fourth-order valence-electron chi connectivity index (χ4n) is 4.45. The summed E-state index contributed by atoms with van der Waals surface area (Å²) in [5, 5.41) is 3.27. The zero-order valence-corrected chi connectivity index (χ0v) is 18.4. The third kappa shape index (κ3) is 3.78. The van der Waals surface area contributed by atoms with Crippen molar-refractivity contribution in [1.29, 1.82) is 0 Å². The summed E-state index contributed by atoms with van der Waals surface area (Å²) in [5.74, 6) is -2.98. The molecule has 2 aliphatic rings. The second-order valence-corrected chi connectivity index (χ2v) is 8.35. The van der Waals surface area contributed by atoms with Crippen molar-refractivity contribution in [2.75, 3.05) is 7.11 Å². The van der Waals surface area contributed by atoms with E-state index in [1.807, 2.05) is 45.0 Å². The van der Waals surface area contributed by atoms with Crippen LogP contribution >= 0.6 is 0 Å². The molecule has 0 bridgehead atoms. The van der Waals surface area contributed by atoms with Gasteiger partial charge in [-0.3, -0.25) is 9.59 Å². The van der Waals surface area contributed by atoms with Gasteiger partial charge in [-0.2, -0.15) is 0 Å². The van der Waals surface area contributed by atoms with Crippen LogP contribution in [0.5, 0.6) is 0 Å². The van der Waals surface area contributed by atoms with Gasteiger partial charge >= 0.3 is 11.9 Å². The molecule has 1 aromatic rings. The first kappa shape index (κ1) is 21.8. The van der Waals surface area contributed by atoms with Gasteiger partial charge < -0.3 is 14.8 Å². The molecule has 3 rings (SSSR count). The number of dihydropyridines is 1. The number of ketones is 1. The van der Waals surface area contributed by atoms with Crippen molar-refractivity contribution < 1.29 is 23.9 Å². The van der Waals surface area contributed by atoms with Gasteiger partial charge in [-0.1, -0.05) is 31.2 Å². The number of hydrogen-bond acceptors (Lipinski definition) is 6. The molecule has 0 aromatic heterocycles. The molecule has 1 N–H and O–H groups in total. The zero-order chi connectivity index (χ0) is 22.2. The molecule has 0 saturated carbocycles. The minimum Gasteiger partial charge on any atom is -0.468 e. The number of nitrogens with one attached hydrogen (secondary N) is 1. The van der Waals surface area contributed by atoms with Crippen molar-refractivity contribution in [3.8, 4) is 0 Å². The predicted molar refractivity (Wildman–Crippen MR) is 112 cm³/mol. The van der Waals surface area contributed by atoms with Gasteiger partial charge in [0.2, 0.25) is 0 Å². The molecular weight excluding hydrogens is 382 g/mol. The lowest BCUT2D eigenvalue weighted by Crippen LogP contribution is -2.43. The van der Waals surface area contributed by atoms with Crippen LogP contribution in [-0.2, 0) is 23.9 Å². The second kappa shape index (κ2) is 8.46. The van der Waals surface area contributed by atoms with Crippen LogP contribution in [0.25, 0.3) is 0 Å². The van der Waals surface area contributed by atoms with E-state index in [2.05, 4.69) is 5.32 Å². The summed E-state index contributed by atoms with van der Waals surface area (Å²) < 4.78 is 10.4. The van der Waals surface area contributed by atoms with E-state index in [0.29, 0.717) is 23.3 Å². The normalized spacial score (nSPS) is 23.8. The lowest BCUT2D eigenvalue weighted by Gasteiger charge is -2.38. The summed E-state index contributed by atoms with van der Waals surface area (Å²) >= 11 is 0. The van der Waals surface area contributed by atoms with Crippen LogP contribution in [0.4, 0.5) is 0 Å². The highest BCUT2D eigenvalue weighted by Crippen LogP contribution is 2.46. The molecule has 1 aliphatic carbocycles. The Hall–Kier alpha value is -2.89. The van der Waals surface area contributed by atoms with Gasteiger partial charge in [-0.25, -0.2) is 4.79 Å². The first-order valence-electron chi connectivity index (χ1n) is 10.3. The molecule has 1 aliphatic heterocycles. The summed E-state index contributed by atoms with van der Waals surface area (Å²) in [7, 11) is 1.29. The maximum Gasteiger partial charge on any atom is 0.337 e. The SMILES string of the molecule is COC(=O)[C@@H]1C(=O)C2=C(C[C@H]1C)NC(C)=C(C(=O)OC(C)C)[C@H]2c1ccccc1C. The Morgan fingerprint density at radius 3 is 2.43 bits per heavy atom. The number of allylic oxidation sites excluding steroid dienone is 3. The van der Waals surface area contributed by atoms with E-state index in [0.717, 1.165) is 16.8 Å². The van der Waals surface area contributed by atoms with Crippen LogP contribution in [0, 0.1) is 18.8 Å². The zero-order valence-electron chi connectivity index (χ0n) is 18.4. The molecule has 0 fully saturated rings. The number of rotatable bonds is 4. The van der Waals surface area contributed by atoms with Crippen molar-refractivity contribution in [3.05, 3.63) is 57.9 Å². The molecule has 6 heteroatoms. The third-order valence-electron chi connectivity index (χ3n) is 5.81. The van der Waals surface area contributed by atoms with E-state index in [9.17, 15) is 14.4 Å². The van der Waals surface area contributed by atoms with E-state index in [1.165, 1.54) is 7.11 Å². The van der Waals surface area contributed by atoms with Gasteiger partial charge in [0.25, 0.3) is 0 Å². The lowest BCUT2D eigenvalue weighted by atomic mass is 9.68. The number of carbonyl (C=O) groups is 3. The summed E-state index contributed by atoms with van der Waals surface area (Å²) in [5.41, 5.74) is 4.11. The fourth-order valence-corrected chi connectivity index (χ4v) is 4.45. The minimum absolute atomic E-state index is 0.203. The molecule has 6 nitrogen and oxygen atoms in total. The highest BCUT2D eigenvalue weighted by atomic mass is 16.5. The Labute approximate surface area is 177 Å². The van der Waals surface area contributed by atoms with Gasteiger partial charge in [-0.05, 0) is 51.2 Å². The van der Waals surface area contributed by atoms with Crippen molar-refractivity contribution in [1.82, 2.24) is 5.32 Å². The van der Waals surface area contributed by atoms with Crippen LogP contribution in [0.15, 0.2) is 46.8 Å². The quantitative estimate of drug-likeness (QED) is 0.603. The molecular formula is C24H29NO5. The van der Waals surface area contributed by atoms with Crippen LogP contribution in [0.2, 0.25) is 0 Å². The number of carbonyl (C=O) groups excluding carboxylic acids is 3. The summed E-state index contributed by atoms with van der Waals surface area (Å²) in [6.45, 7) is 9.23. The minimum atomic E-state index is -0.886. The maximum atomic E-state index is 13.6. The summed E-state index contributed by atoms with van der Waals surface area (Å²) in [4.78, 5) is 39.1. The topological polar surface area (TPSA) is 81.7 Å². The lowest BCUT2D eigenvalue weighted by molar-refractivity contribution is -0.151. The number of ether oxygens (including phenoxy) is 2. The van der Waals surface area contributed by atoms with Crippen LogP contribution in [-0.4, -0.2) is 30.9 Å². The van der Waals surface area contributed by atoms with Crippen LogP contribution in [0.1, 0.15) is 51.2 Å². The van der Waals surface area contributed by atoms with Gasteiger partial charge in [0.15, 0.2) is 5.78 Å². The largest absolute Gasteiger partial charge is 0.468 e. The molecule has 0 unspecified atom stereocenters. The number of aryl methyl sites for hydroxylation is 1. The van der Waals surface area contributed by atoms with E-state index >= 15 is 0 Å². The maximum absolute atomic E-state index is 13.6.